The number of carboxylic acid groups (broad SMARTS) is 1. The Hall–Kier alpha value is -3.48. The average molecular weight is 461 g/mol. The number of carbonyl (C=O) groups is 2. The third-order valence-corrected chi connectivity index (χ3v) is 4.95. The summed E-state index contributed by atoms with van der Waals surface area (Å²) in [6, 6.07) is 13.3. The molecule has 0 aliphatic rings. The average Bonchev–Trinajstić information content (AvgIpc) is 3.07. The molecule has 10 nitrogen and oxygen atoms in total. The molecule has 2 amide bonds. The maximum absolute atomic E-state index is 12.3. The molecule has 1 aromatic heterocycles. The Morgan fingerprint density at radius 3 is 1.94 bits per heavy atom. The van der Waals surface area contributed by atoms with Gasteiger partial charge in [-0.1, -0.05) is 0 Å². The van der Waals surface area contributed by atoms with Crippen molar-refractivity contribution in [1.82, 2.24) is 14.8 Å². The van der Waals surface area contributed by atoms with Crippen LogP contribution in [0.15, 0.2) is 48.5 Å². The molecule has 3 rings (SSSR count). The molecule has 0 aliphatic carbocycles. The van der Waals surface area contributed by atoms with Gasteiger partial charge in [0.1, 0.15) is 0 Å². The fourth-order valence-corrected chi connectivity index (χ4v) is 3.43. The van der Waals surface area contributed by atoms with Crippen LogP contribution in [0.25, 0.3) is 5.69 Å². The molecule has 0 radical (unpaired) electrons. The minimum atomic E-state index is -1.11. The summed E-state index contributed by atoms with van der Waals surface area (Å²) in [7, 11) is 2.93. The first-order chi connectivity index (χ1) is 14.8. The van der Waals surface area contributed by atoms with E-state index in [0.717, 1.165) is 5.69 Å². The van der Waals surface area contributed by atoms with Gasteiger partial charge in [0.05, 0.1) is 5.69 Å². The number of rotatable bonds is 7. The van der Waals surface area contributed by atoms with Crippen molar-refractivity contribution in [3.63, 3.8) is 0 Å². The summed E-state index contributed by atoms with van der Waals surface area (Å²) in [4.78, 5) is 25.0. The van der Waals surface area contributed by atoms with Crippen molar-refractivity contribution in [1.29, 1.82) is 0 Å². The number of hydrogen-bond acceptors (Lipinski definition) is 6. The number of nitrogens with one attached hydrogen (secondary N) is 4. The van der Waals surface area contributed by atoms with Crippen molar-refractivity contribution in [3.05, 3.63) is 58.1 Å². The summed E-state index contributed by atoms with van der Waals surface area (Å²) in [6.45, 7) is 0. The highest BCUT2D eigenvalue weighted by Crippen LogP contribution is 2.20. The monoisotopic (exact) mass is 460 g/mol. The molecule has 1 atom stereocenters. The van der Waals surface area contributed by atoms with Crippen LogP contribution in [-0.2, 0) is 9.53 Å². The number of ether oxygens (including phenoxy) is 1. The van der Waals surface area contributed by atoms with E-state index in [1.807, 2.05) is 0 Å². The molecule has 0 saturated carbocycles. The molecular formula is C19H20N6O4S2. The number of benzene rings is 2. The largest absolute Gasteiger partial charge is 0.478 e. The highest BCUT2D eigenvalue weighted by molar-refractivity contribution is 7.72. The Balaban J connectivity index is 1.62. The summed E-state index contributed by atoms with van der Waals surface area (Å²) < 4.78 is 7.51. The van der Waals surface area contributed by atoms with Crippen LogP contribution >= 0.6 is 24.4 Å². The van der Waals surface area contributed by atoms with Crippen molar-refractivity contribution in [2.24, 2.45) is 0 Å². The lowest BCUT2D eigenvalue weighted by Crippen LogP contribution is -2.39. The van der Waals surface area contributed by atoms with Gasteiger partial charge >= 0.3 is 12.0 Å². The molecule has 2 aromatic carbocycles. The van der Waals surface area contributed by atoms with Crippen molar-refractivity contribution in [3.8, 4) is 5.69 Å². The Labute approximate surface area is 187 Å². The summed E-state index contributed by atoms with van der Waals surface area (Å²) in [5, 5.41) is 20.2. The van der Waals surface area contributed by atoms with Gasteiger partial charge in [0.15, 0.2) is 9.54 Å². The lowest BCUT2D eigenvalue weighted by molar-refractivity contribution is -0.148. The van der Waals surface area contributed by atoms with Crippen molar-refractivity contribution >= 4 is 53.5 Å². The van der Waals surface area contributed by atoms with Crippen LogP contribution in [0.5, 0.6) is 0 Å². The summed E-state index contributed by atoms with van der Waals surface area (Å²) in [5.74, 6) is -1.10. The molecule has 12 heteroatoms. The summed E-state index contributed by atoms with van der Waals surface area (Å²) in [5.41, 5.74) is 2.51. The number of amides is 2. The second-order valence-corrected chi connectivity index (χ2v) is 7.18. The zero-order valence-corrected chi connectivity index (χ0v) is 18.2. The number of aromatic amines is 2. The standard InChI is InChI=1S/C19H20N6O4S2/c1-24(15(29-2)16(26)27)13-7-3-11(4-8-13)20-17(28)21-12-5-9-14(10-6-12)25-18(30)22-23-19(25)31/h3-10,15H,1-2H3,(H,22,30)(H,23,31)(H,26,27)(H2,20,21,28). The maximum atomic E-state index is 12.3. The van der Waals surface area contributed by atoms with E-state index in [9.17, 15) is 9.59 Å². The number of methoxy groups -OCH3 is 1. The fraction of sp³-hybridized carbons (Fsp3) is 0.158. The van der Waals surface area contributed by atoms with Gasteiger partial charge in [-0.3, -0.25) is 14.8 Å². The Bertz CT molecular complexity index is 1160. The number of aromatic nitrogens is 3. The molecule has 0 fully saturated rings. The molecule has 3 aromatic rings. The first-order valence-electron chi connectivity index (χ1n) is 8.97. The number of H-pyrrole nitrogens is 2. The second-order valence-electron chi connectivity index (χ2n) is 6.41. The van der Waals surface area contributed by atoms with E-state index in [0.29, 0.717) is 26.6 Å². The van der Waals surface area contributed by atoms with E-state index >= 15 is 0 Å². The summed E-state index contributed by atoms with van der Waals surface area (Å²) in [6.07, 6.45) is -1.11. The maximum Gasteiger partial charge on any atom is 0.354 e. The first kappa shape index (κ1) is 22.2. The molecule has 1 heterocycles. The number of hydrogen-bond donors (Lipinski definition) is 5. The van der Waals surface area contributed by atoms with Crippen molar-refractivity contribution in [2.45, 2.75) is 6.23 Å². The van der Waals surface area contributed by atoms with Crippen LogP contribution in [-0.4, -0.2) is 52.3 Å². The Morgan fingerprint density at radius 1 is 1.00 bits per heavy atom. The minimum Gasteiger partial charge on any atom is -0.478 e. The van der Waals surface area contributed by atoms with E-state index < -0.39 is 18.2 Å². The molecule has 1 unspecified atom stereocenters. The van der Waals surface area contributed by atoms with E-state index in [-0.39, 0.29) is 0 Å². The van der Waals surface area contributed by atoms with Gasteiger partial charge in [0.25, 0.3) is 0 Å². The molecular weight excluding hydrogens is 440 g/mol. The quantitative estimate of drug-likeness (QED) is 0.268. The topological polar surface area (TPSA) is 127 Å². The molecule has 0 spiro atoms. The van der Waals surface area contributed by atoms with E-state index in [2.05, 4.69) is 20.8 Å². The number of aliphatic carboxylic acids is 1. The second kappa shape index (κ2) is 9.55. The van der Waals surface area contributed by atoms with Gasteiger partial charge in [0, 0.05) is 31.2 Å². The molecule has 31 heavy (non-hydrogen) atoms. The lowest BCUT2D eigenvalue weighted by Gasteiger charge is -2.25. The highest BCUT2D eigenvalue weighted by atomic mass is 32.1. The number of likely N-dealkylation sites (N-methyl/N-ethyl adjacent to an activating group) is 1. The van der Waals surface area contributed by atoms with Crippen LogP contribution in [0.4, 0.5) is 21.9 Å². The van der Waals surface area contributed by atoms with E-state index in [1.165, 1.54) is 12.0 Å². The predicted molar refractivity (Wildman–Crippen MR) is 122 cm³/mol. The molecule has 5 N–H and O–H groups in total. The Kier molecular flexibility index (Phi) is 6.84. The van der Waals surface area contributed by atoms with Crippen LogP contribution in [0.1, 0.15) is 0 Å². The van der Waals surface area contributed by atoms with Crippen LogP contribution in [0, 0.1) is 9.54 Å². The van der Waals surface area contributed by atoms with Gasteiger partial charge in [-0.25, -0.2) is 9.59 Å². The SMILES string of the molecule is COC(C(=O)O)N(C)c1ccc(NC(=O)Nc2ccc(-n3c(=S)[nH][nH]c3=S)cc2)cc1. The fourth-order valence-electron chi connectivity index (χ4n) is 2.87. The molecule has 0 aliphatic heterocycles. The van der Waals surface area contributed by atoms with Gasteiger partial charge in [-0.05, 0) is 73.0 Å². The molecule has 0 saturated heterocycles. The van der Waals surface area contributed by atoms with Gasteiger partial charge < -0.3 is 25.4 Å². The zero-order chi connectivity index (χ0) is 22.5. The van der Waals surface area contributed by atoms with Crippen LogP contribution in [0.3, 0.4) is 0 Å². The zero-order valence-electron chi connectivity index (χ0n) is 16.6. The van der Waals surface area contributed by atoms with Crippen molar-refractivity contribution < 1.29 is 19.4 Å². The predicted octanol–water partition coefficient (Wildman–Crippen LogP) is 3.73. The van der Waals surface area contributed by atoms with Crippen molar-refractivity contribution in [2.75, 3.05) is 29.7 Å². The number of urea groups is 1. The van der Waals surface area contributed by atoms with Crippen LogP contribution < -0.4 is 15.5 Å². The van der Waals surface area contributed by atoms with Gasteiger partial charge in [-0.2, -0.15) is 0 Å². The van der Waals surface area contributed by atoms with E-state index in [1.54, 1.807) is 60.1 Å². The van der Waals surface area contributed by atoms with Crippen LogP contribution in [0.2, 0.25) is 0 Å². The lowest BCUT2D eigenvalue weighted by atomic mass is 10.2. The highest BCUT2D eigenvalue weighted by Gasteiger charge is 2.22. The number of carbonyl (C=O) groups excluding carboxylic acids is 1. The smallest absolute Gasteiger partial charge is 0.354 e. The molecule has 0 bridgehead atoms. The minimum absolute atomic E-state index is 0.426. The normalized spacial score (nSPS) is 11.5. The van der Waals surface area contributed by atoms with Gasteiger partial charge in [-0.15, -0.1) is 0 Å². The number of nitrogens with zero attached hydrogens (tertiary/aromatic N) is 2. The third kappa shape index (κ3) is 5.17. The third-order valence-electron chi connectivity index (χ3n) is 4.38. The van der Waals surface area contributed by atoms with E-state index in [4.69, 9.17) is 34.3 Å². The number of anilines is 3. The van der Waals surface area contributed by atoms with Gasteiger partial charge in [0.2, 0.25) is 6.23 Å². The molecule has 162 valence electrons. The Morgan fingerprint density at radius 2 is 1.48 bits per heavy atom. The summed E-state index contributed by atoms with van der Waals surface area (Å²) >= 11 is 10.4. The number of carboxylic acids is 1. The first-order valence-corrected chi connectivity index (χ1v) is 9.78.